The zero-order valence-corrected chi connectivity index (χ0v) is 13.6. The van der Waals surface area contributed by atoms with E-state index in [1.165, 1.54) is 12.1 Å². The van der Waals surface area contributed by atoms with Gasteiger partial charge in [0.15, 0.2) is 5.82 Å². The molecule has 0 atom stereocenters. The van der Waals surface area contributed by atoms with Gasteiger partial charge in [0.05, 0.1) is 10.6 Å². The first-order valence-electron chi connectivity index (χ1n) is 7.39. The van der Waals surface area contributed by atoms with Crippen molar-refractivity contribution < 1.29 is 17.9 Å². The van der Waals surface area contributed by atoms with Gasteiger partial charge in [-0.1, -0.05) is 17.7 Å². The Morgan fingerprint density at radius 1 is 1.33 bits per heavy atom. The molecule has 2 N–H and O–H groups in total. The van der Waals surface area contributed by atoms with E-state index in [0.717, 1.165) is 24.7 Å². The molecule has 9 heteroatoms. The molecule has 1 fully saturated rings. The highest BCUT2D eigenvalue weighted by molar-refractivity contribution is 6.32. The van der Waals surface area contributed by atoms with Crippen LogP contribution in [-0.4, -0.2) is 20.8 Å². The van der Waals surface area contributed by atoms with Gasteiger partial charge in [-0.25, -0.2) is 0 Å². The second kappa shape index (κ2) is 6.25. The first-order chi connectivity index (χ1) is 11.3. The van der Waals surface area contributed by atoms with Crippen LogP contribution in [0.3, 0.4) is 0 Å². The van der Waals surface area contributed by atoms with Gasteiger partial charge in [-0.05, 0) is 25.0 Å². The summed E-state index contributed by atoms with van der Waals surface area (Å²) in [5, 5.41) is 7.71. The van der Waals surface area contributed by atoms with Crippen molar-refractivity contribution in [3.8, 4) is 5.75 Å². The molecule has 1 heterocycles. The van der Waals surface area contributed by atoms with E-state index < -0.39 is 16.8 Å². The molecule has 5 nitrogen and oxygen atoms in total. The highest BCUT2D eigenvalue weighted by Crippen LogP contribution is 2.39. The van der Waals surface area contributed by atoms with Gasteiger partial charge >= 0.3 is 6.18 Å². The molecule has 1 aliphatic carbocycles. The van der Waals surface area contributed by atoms with Crippen LogP contribution in [0.15, 0.2) is 18.2 Å². The van der Waals surface area contributed by atoms with Crippen molar-refractivity contribution in [2.24, 2.45) is 12.8 Å². The second-order valence-electron chi connectivity index (χ2n) is 5.87. The Labute approximate surface area is 141 Å². The summed E-state index contributed by atoms with van der Waals surface area (Å²) in [5.74, 6) is 1.55. The fourth-order valence-corrected chi connectivity index (χ4v) is 3.00. The number of hydrogen-bond donors (Lipinski definition) is 1. The van der Waals surface area contributed by atoms with Gasteiger partial charge in [0.25, 0.3) is 0 Å². The highest BCUT2D eigenvalue weighted by Gasteiger charge is 2.34. The lowest BCUT2D eigenvalue weighted by Crippen LogP contribution is -2.36. The summed E-state index contributed by atoms with van der Waals surface area (Å²) in [6, 6.07) is 3.74. The normalized spacial score (nSPS) is 20.8. The molecular weight excluding hydrogens is 345 g/mol. The first kappa shape index (κ1) is 17.0. The van der Waals surface area contributed by atoms with Crippen molar-refractivity contribution in [2.45, 2.75) is 37.6 Å². The number of rotatable bonds is 4. The average molecular weight is 361 g/mol. The van der Waals surface area contributed by atoms with Gasteiger partial charge < -0.3 is 15.0 Å². The molecule has 1 aromatic carbocycles. The predicted molar refractivity (Wildman–Crippen MR) is 81.7 cm³/mol. The lowest BCUT2D eigenvalue weighted by atomic mass is 9.80. The van der Waals surface area contributed by atoms with Crippen LogP contribution in [0.5, 0.6) is 5.75 Å². The summed E-state index contributed by atoms with van der Waals surface area (Å²) in [6.45, 7) is -0.0245. The third-order valence-electron chi connectivity index (χ3n) is 4.16. The van der Waals surface area contributed by atoms with E-state index in [0.29, 0.717) is 5.82 Å². The maximum absolute atomic E-state index is 12.8. The molecule has 0 unspecified atom stereocenters. The van der Waals surface area contributed by atoms with E-state index in [1.54, 1.807) is 11.6 Å². The number of nitrogens with zero attached hydrogens (tertiary/aromatic N) is 3. The van der Waals surface area contributed by atoms with Crippen LogP contribution in [0.2, 0.25) is 5.02 Å². The van der Waals surface area contributed by atoms with E-state index in [-0.39, 0.29) is 24.3 Å². The third kappa shape index (κ3) is 3.21. The zero-order chi connectivity index (χ0) is 17.5. The fourth-order valence-electron chi connectivity index (χ4n) is 2.71. The summed E-state index contributed by atoms with van der Waals surface area (Å²) in [7, 11) is 1.80. The summed E-state index contributed by atoms with van der Waals surface area (Å²) in [4.78, 5) is 0. The number of hydrogen-bond acceptors (Lipinski definition) is 4. The standard InChI is InChI=1S/C15H16ClF3N4O/c1-23-12(21-22-14(23)8-5-9(20)6-8)7-24-11-4-2-3-10(13(11)16)15(17,18)19/h2-4,8-9H,5-7,20H2,1H3. The zero-order valence-electron chi connectivity index (χ0n) is 12.8. The highest BCUT2D eigenvalue weighted by atomic mass is 35.5. The van der Waals surface area contributed by atoms with Crippen LogP contribution in [0, 0.1) is 0 Å². The lowest BCUT2D eigenvalue weighted by molar-refractivity contribution is -0.137. The average Bonchev–Trinajstić information content (AvgIpc) is 2.82. The van der Waals surface area contributed by atoms with Gasteiger partial charge in [0.1, 0.15) is 18.2 Å². The van der Waals surface area contributed by atoms with Crippen LogP contribution >= 0.6 is 11.6 Å². The van der Waals surface area contributed by atoms with Crippen molar-refractivity contribution in [1.82, 2.24) is 14.8 Å². The van der Waals surface area contributed by atoms with Crippen LogP contribution in [0.25, 0.3) is 0 Å². The van der Waals surface area contributed by atoms with E-state index in [2.05, 4.69) is 10.2 Å². The maximum Gasteiger partial charge on any atom is 0.417 e. The smallest absolute Gasteiger partial charge is 0.417 e. The lowest BCUT2D eigenvalue weighted by Gasteiger charge is -2.31. The molecule has 3 rings (SSSR count). The summed E-state index contributed by atoms with van der Waals surface area (Å²) < 4.78 is 45.8. The predicted octanol–water partition coefficient (Wildman–Crippen LogP) is 3.27. The minimum absolute atomic E-state index is 0.0245. The number of alkyl halides is 3. The molecule has 0 saturated heterocycles. The number of benzene rings is 1. The van der Waals surface area contributed by atoms with Crippen LogP contribution in [0.4, 0.5) is 13.2 Å². The van der Waals surface area contributed by atoms with E-state index in [1.807, 2.05) is 0 Å². The Hall–Kier alpha value is -1.80. The Morgan fingerprint density at radius 3 is 2.67 bits per heavy atom. The molecular formula is C15H16ClF3N4O. The summed E-state index contributed by atoms with van der Waals surface area (Å²) in [5.41, 5.74) is 4.85. The Morgan fingerprint density at radius 2 is 2.04 bits per heavy atom. The molecule has 0 aliphatic heterocycles. The second-order valence-corrected chi connectivity index (χ2v) is 6.24. The van der Waals surface area contributed by atoms with Gasteiger partial charge in [0.2, 0.25) is 0 Å². The molecule has 1 aromatic heterocycles. The van der Waals surface area contributed by atoms with Gasteiger partial charge in [0, 0.05) is 19.0 Å². The number of ether oxygens (including phenoxy) is 1. The van der Waals surface area contributed by atoms with Gasteiger partial charge in [-0.2, -0.15) is 13.2 Å². The molecule has 2 aromatic rings. The molecule has 0 spiro atoms. The molecule has 1 saturated carbocycles. The largest absolute Gasteiger partial charge is 0.484 e. The van der Waals surface area contributed by atoms with Crippen molar-refractivity contribution in [1.29, 1.82) is 0 Å². The van der Waals surface area contributed by atoms with Crippen LogP contribution in [-0.2, 0) is 19.8 Å². The minimum atomic E-state index is -4.53. The van der Waals surface area contributed by atoms with Crippen LogP contribution in [0.1, 0.15) is 36.0 Å². The fraction of sp³-hybridized carbons (Fsp3) is 0.467. The third-order valence-corrected chi connectivity index (χ3v) is 4.55. The molecule has 0 amide bonds. The van der Waals surface area contributed by atoms with E-state index >= 15 is 0 Å². The Kier molecular flexibility index (Phi) is 4.44. The van der Waals surface area contributed by atoms with Crippen molar-refractivity contribution in [2.75, 3.05) is 0 Å². The number of nitrogens with two attached hydrogens (primary N) is 1. The summed E-state index contributed by atoms with van der Waals surface area (Å²) >= 11 is 5.80. The van der Waals surface area contributed by atoms with Crippen LogP contribution < -0.4 is 10.5 Å². The Bertz CT molecular complexity index is 741. The van der Waals surface area contributed by atoms with E-state index in [4.69, 9.17) is 22.1 Å². The molecule has 0 radical (unpaired) electrons. The number of aromatic nitrogens is 3. The Balaban J connectivity index is 1.73. The molecule has 130 valence electrons. The molecule has 0 bridgehead atoms. The van der Waals surface area contributed by atoms with Crippen molar-refractivity contribution in [3.05, 3.63) is 40.4 Å². The minimum Gasteiger partial charge on any atom is -0.484 e. The van der Waals surface area contributed by atoms with Crippen molar-refractivity contribution in [3.63, 3.8) is 0 Å². The van der Waals surface area contributed by atoms with Gasteiger partial charge in [-0.15, -0.1) is 10.2 Å². The molecule has 1 aliphatic rings. The SMILES string of the molecule is Cn1c(COc2cccc(C(F)(F)F)c2Cl)nnc1C1CC(N)C1. The van der Waals surface area contributed by atoms with Gasteiger partial charge in [-0.3, -0.25) is 0 Å². The first-order valence-corrected chi connectivity index (χ1v) is 7.77. The topological polar surface area (TPSA) is 66.0 Å². The maximum atomic E-state index is 12.8. The van der Waals surface area contributed by atoms with Crippen molar-refractivity contribution >= 4 is 11.6 Å². The monoisotopic (exact) mass is 360 g/mol. The molecule has 24 heavy (non-hydrogen) atoms. The summed E-state index contributed by atoms with van der Waals surface area (Å²) in [6.07, 6.45) is -2.82. The number of halogens is 4. The van der Waals surface area contributed by atoms with E-state index in [9.17, 15) is 13.2 Å². The quantitative estimate of drug-likeness (QED) is 0.908.